The molecule has 0 saturated heterocycles. The Bertz CT molecular complexity index is 564. The molecule has 0 amide bonds. The number of nitrogens with one attached hydrogen (secondary N) is 1. The Morgan fingerprint density at radius 3 is 2.55 bits per heavy atom. The number of hydrogen-bond acceptors (Lipinski definition) is 5. The molecule has 0 saturated carbocycles. The third kappa shape index (κ3) is 3.58. The van der Waals surface area contributed by atoms with Gasteiger partial charge in [-0.15, -0.1) is 0 Å². The molecular weight excluding hydrogens is 279 g/mol. The van der Waals surface area contributed by atoms with Gasteiger partial charge in [0.2, 0.25) is 0 Å². The Hall–Kier alpha value is -2.34. The molecular formula is C11H10F3N3O3. The summed E-state index contributed by atoms with van der Waals surface area (Å²) >= 11 is 0. The molecule has 9 heteroatoms. The van der Waals surface area contributed by atoms with Gasteiger partial charge in [0, 0.05) is 0 Å². The summed E-state index contributed by atoms with van der Waals surface area (Å²) in [6.07, 6.45) is -4.69. The molecule has 1 aromatic rings. The fraction of sp³-hybridized carbons (Fsp3) is 0.364. The number of carboxylic acids is 1. The van der Waals surface area contributed by atoms with Crippen LogP contribution in [0.2, 0.25) is 0 Å². The van der Waals surface area contributed by atoms with E-state index in [0.29, 0.717) is 6.07 Å². The van der Waals surface area contributed by atoms with Crippen LogP contribution in [-0.4, -0.2) is 33.3 Å². The molecule has 6 nitrogen and oxygen atoms in total. The van der Waals surface area contributed by atoms with E-state index in [0.717, 1.165) is 13.0 Å². The van der Waals surface area contributed by atoms with Gasteiger partial charge in [-0.2, -0.15) is 18.4 Å². The van der Waals surface area contributed by atoms with Crippen LogP contribution < -0.4 is 5.32 Å². The number of hydrogen-bond donors (Lipinski definition) is 3. The van der Waals surface area contributed by atoms with E-state index in [2.05, 4.69) is 10.3 Å². The van der Waals surface area contributed by atoms with Gasteiger partial charge in [-0.1, -0.05) is 0 Å². The molecule has 1 unspecified atom stereocenters. The average Bonchev–Trinajstić information content (AvgIpc) is 2.34. The number of anilines is 1. The van der Waals surface area contributed by atoms with E-state index in [1.807, 2.05) is 0 Å². The summed E-state index contributed by atoms with van der Waals surface area (Å²) in [6.45, 7) is 0.354. The zero-order valence-corrected chi connectivity index (χ0v) is 10.2. The van der Waals surface area contributed by atoms with Crippen molar-refractivity contribution >= 4 is 11.8 Å². The van der Waals surface area contributed by atoms with Crippen LogP contribution in [-0.2, 0) is 11.0 Å². The maximum Gasteiger partial charge on any atom is 0.433 e. The molecule has 1 atom stereocenters. The molecule has 0 aromatic carbocycles. The molecule has 1 heterocycles. The summed E-state index contributed by atoms with van der Waals surface area (Å²) in [5.74, 6) is -2.00. The highest BCUT2D eigenvalue weighted by molar-refractivity contribution is 5.77. The summed E-state index contributed by atoms with van der Waals surface area (Å²) in [4.78, 5) is 13.9. The van der Waals surface area contributed by atoms with Crippen LogP contribution in [0, 0.1) is 11.3 Å². The number of rotatable bonds is 4. The van der Waals surface area contributed by atoms with Gasteiger partial charge in [0.15, 0.2) is 5.60 Å². The molecule has 20 heavy (non-hydrogen) atoms. The van der Waals surface area contributed by atoms with Gasteiger partial charge in [0.25, 0.3) is 0 Å². The smallest absolute Gasteiger partial charge is 0.433 e. The lowest BCUT2D eigenvalue weighted by atomic mass is 10.1. The first-order chi connectivity index (χ1) is 9.08. The first kappa shape index (κ1) is 15.7. The summed E-state index contributed by atoms with van der Waals surface area (Å²) in [5, 5.41) is 29.1. The van der Waals surface area contributed by atoms with Gasteiger partial charge in [-0.05, 0) is 19.1 Å². The van der Waals surface area contributed by atoms with Gasteiger partial charge < -0.3 is 15.5 Å². The first-order valence-corrected chi connectivity index (χ1v) is 5.26. The van der Waals surface area contributed by atoms with Crippen molar-refractivity contribution in [2.75, 3.05) is 11.9 Å². The summed E-state index contributed by atoms with van der Waals surface area (Å²) < 4.78 is 37.5. The van der Waals surface area contributed by atoms with Crippen molar-refractivity contribution in [3.8, 4) is 6.07 Å². The van der Waals surface area contributed by atoms with Crippen molar-refractivity contribution < 1.29 is 28.2 Å². The van der Waals surface area contributed by atoms with Gasteiger partial charge in [-0.3, -0.25) is 0 Å². The van der Waals surface area contributed by atoms with Crippen molar-refractivity contribution in [2.45, 2.75) is 18.7 Å². The van der Waals surface area contributed by atoms with Gasteiger partial charge in [0.05, 0.1) is 12.1 Å². The van der Waals surface area contributed by atoms with E-state index < -0.39 is 35.8 Å². The van der Waals surface area contributed by atoms with Crippen LogP contribution in [0.5, 0.6) is 0 Å². The minimum absolute atomic E-state index is 0.195. The normalized spacial score (nSPS) is 14.2. The minimum Gasteiger partial charge on any atom is -0.479 e. The molecule has 0 aliphatic heterocycles. The predicted octanol–water partition coefficient (Wildman–Crippen LogP) is 1.22. The zero-order valence-electron chi connectivity index (χ0n) is 10.2. The van der Waals surface area contributed by atoms with Crippen LogP contribution in [0.3, 0.4) is 0 Å². The van der Waals surface area contributed by atoms with E-state index in [-0.39, 0.29) is 5.56 Å². The number of aliphatic hydroxyl groups is 1. The first-order valence-electron chi connectivity index (χ1n) is 5.26. The number of pyridine rings is 1. The SMILES string of the molecule is CC(O)(CNc1nc(C(F)(F)F)ccc1C#N)C(=O)O. The molecule has 0 aliphatic carbocycles. The molecule has 3 N–H and O–H groups in total. The lowest BCUT2D eigenvalue weighted by Crippen LogP contribution is -2.42. The van der Waals surface area contributed by atoms with Crippen molar-refractivity contribution in [3.63, 3.8) is 0 Å². The zero-order chi connectivity index (χ0) is 15.6. The van der Waals surface area contributed by atoms with Gasteiger partial charge >= 0.3 is 12.1 Å². The van der Waals surface area contributed by atoms with E-state index in [1.165, 1.54) is 0 Å². The Morgan fingerprint density at radius 1 is 1.50 bits per heavy atom. The highest BCUT2D eigenvalue weighted by atomic mass is 19.4. The lowest BCUT2D eigenvalue weighted by molar-refractivity contribution is -0.155. The quantitative estimate of drug-likeness (QED) is 0.769. The fourth-order valence-electron chi connectivity index (χ4n) is 1.17. The number of nitriles is 1. The van der Waals surface area contributed by atoms with Crippen molar-refractivity contribution in [1.29, 1.82) is 5.26 Å². The molecule has 108 valence electrons. The highest BCUT2D eigenvalue weighted by Crippen LogP contribution is 2.29. The fourth-order valence-corrected chi connectivity index (χ4v) is 1.17. The Morgan fingerprint density at radius 2 is 2.10 bits per heavy atom. The second-order valence-electron chi connectivity index (χ2n) is 4.13. The molecule has 0 fully saturated rings. The maximum atomic E-state index is 12.5. The second-order valence-corrected chi connectivity index (χ2v) is 4.13. The van der Waals surface area contributed by atoms with E-state index in [1.54, 1.807) is 6.07 Å². The number of alkyl halides is 3. The molecule has 1 rings (SSSR count). The van der Waals surface area contributed by atoms with Crippen LogP contribution in [0.25, 0.3) is 0 Å². The summed E-state index contributed by atoms with van der Waals surface area (Å²) in [5.41, 5.74) is -3.63. The van der Waals surface area contributed by atoms with Crippen molar-refractivity contribution in [2.24, 2.45) is 0 Å². The van der Waals surface area contributed by atoms with Gasteiger partial charge in [0.1, 0.15) is 17.6 Å². The molecule has 0 bridgehead atoms. The van der Waals surface area contributed by atoms with E-state index >= 15 is 0 Å². The largest absolute Gasteiger partial charge is 0.479 e. The predicted molar refractivity (Wildman–Crippen MR) is 60.7 cm³/mol. The van der Waals surface area contributed by atoms with Crippen LogP contribution >= 0.6 is 0 Å². The summed E-state index contributed by atoms with van der Waals surface area (Å²) in [6, 6.07) is 3.17. The topological polar surface area (TPSA) is 106 Å². The third-order valence-electron chi connectivity index (χ3n) is 2.37. The molecule has 0 spiro atoms. The van der Waals surface area contributed by atoms with Crippen LogP contribution in [0.15, 0.2) is 12.1 Å². The Kier molecular flexibility index (Phi) is 4.20. The standard InChI is InChI=1S/C11H10F3N3O3/c1-10(20,9(18)19)5-16-8-6(4-15)2-3-7(17-8)11(12,13)14/h2-3,20H,5H2,1H3,(H,16,17)(H,18,19). The number of carbonyl (C=O) groups is 1. The molecule has 1 aromatic heterocycles. The number of halogens is 3. The van der Waals surface area contributed by atoms with Gasteiger partial charge in [-0.25, -0.2) is 9.78 Å². The second kappa shape index (κ2) is 5.34. The number of carboxylic acid groups (broad SMARTS) is 1. The summed E-state index contributed by atoms with van der Waals surface area (Å²) in [7, 11) is 0. The van der Waals surface area contributed by atoms with Crippen molar-refractivity contribution in [1.82, 2.24) is 4.98 Å². The van der Waals surface area contributed by atoms with E-state index in [4.69, 9.17) is 10.4 Å². The van der Waals surface area contributed by atoms with Crippen LogP contribution in [0.1, 0.15) is 18.2 Å². The van der Waals surface area contributed by atoms with Crippen LogP contribution in [0.4, 0.5) is 19.0 Å². The monoisotopic (exact) mass is 289 g/mol. The third-order valence-corrected chi connectivity index (χ3v) is 2.37. The van der Waals surface area contributed by atoms with E-state index in [9.17, 15) is 23.1 Å². The Balaban J connectivity index is 3.05. The maximum absolute atomic E-state index is 12.5. The minimum atomic E-state index is -4.69. The average molecular weight is 289 g/mol. The number of aromatic nitrogens is 1. The number of nitrogens with zero attached hydrogens (tertiary/aromatic N) is 2. The Labute approximate surface area is 111 Å². The number of aliphatic carboxylic acids is 1. The molecule has 0 aliphatic rings. The molecule has 0 radical (unpaired) electrons. The lowest BCUT2D eigenvalue weighted by Gasteiger charge is -2.19. The highest BCUT2D eigenvalue weighted by Gasteiger charge is 2.34. The van der Waals surface area contributed by atoms with Crippen molar-refractivity contribution in [3.05, 3.63) is 23.4 Å².